The van der Waals surface area contributed by atoms with E-state index in [2.05, 4.69) is 5.32 Å². The van der Waals surface area contributed by atoms with Crippen molar-refractivity contribution in [1.29, 1.82) is 0 Å². The maximum absolute atomic E-state index is 11.6. The summed E-state index contributed by atoms with van der Waals surface area (Å²) < 4.78 is 5.34. The zero-order chi connectivity index (χ0) is 11.6. The molecule has 4 heteroatoms. The van der Waals surface area contributed by atoms with Gasteiger partial charge in [0.15, 0.2) is 0 Å². The smallest absolute Gasteiger partial charge is 0.227 e. The third-order valence-electron chi connectivity index (χ3n) is 3.18. The van der Waals surface area contributed by atoms with Gasteiger partial charge in [-0.05, 0) is 43.9 Å². The molecular weight excluding hydrogens is 204 g/mol. The fourth-order valence-corrected chi connectivity index (χ4v) is 1.72. The van der Waals surface area contributed by atoms with Crippen molar-refractivity contribution in [3.05, 3.63) is 23.7 Å². The fraction of sp³-hybridized carbons (Fsp3) is 0.583. The van der Waals surface area contributed by atoms with Crippen LogP contribution in [0.5, 0.6) is 0 Å². The molecule has 1 fully saturated rings. The molecule has 3 N–H and O–H groups in total. The molecule has 4 nitrogen and oxygen atoms in total. The van der Waals surface area contributed by atoms with Crippen LogP contribution in [0.25, 0.3) is 0 Å². The van der Waals surface area contributed by atoms with Crippen LogP contribution in [0, 0.1) is 12.3 Å². The maximum atomic E-state index is 11.6. The minimum atomic E-state index is 0.00840. The van der Waals surface area contributed by atoms with Gasteiger partial charge in [-0.15, -0.1) is 0 Å². The molecule has 0 unspecified atom stereocenters. The molecule has 1 aromatic heterocycles. The summed E-state index contributed by atoms with van der Waals surface area (Å²) in [6, 6.07) is 3.70. The average molecular weight is 222 g/mol. The highest BCUT2D eigenvalue weighted by molar-refractivity contribution is 5.78. The molecule has 1 aliphatic rings. The minimum Gasteiger partial charge on any atom is -0.466 e. The van der Waals surface area contributed by atoms with E-state index in [1.54, 1.807) is 0 Å². The first-order valence-electron chi connectivity index (χ1n) is 5.66. The lowest BCUT2D eigenvalue weighted by atomic mass is 10.1. The number of carbonyl (C=O) groups excluding carboxylic acids is 1. The lowest BCUT2D eigenvalue weighted by Gasteiger charge is -2.12. The van der Waals surface area contributed by atoms with Crippen molar-refractivity contribution in [3.8, 4) is 0 Å². The number of aryl methyl sites for hydroxylation is 1. The second-order valence-corrected chi connectivity index (χ2v) is 4.67. The van der Waals surface area contributed by atoms with Crippen LogP contribution in [-0.4, -0.2) is 19.0 Å². The third-order valence-corrected chi connectivity index (χ3v) is 3.18. The van der Waals surface area contributed by atoms with E-state index in [4.69, 9.17) is 10.2 Å². The predicted octanol–water partition coefficient (Wildman–Crippen LogP) is 0.986. The molecule has 1 amide bonds. The monoisotopic (exact) mass is 222 g/mol. The summed E-state index contributed by atoms with van der Waals surface area (Å²) >= 11 is 0. The van der Waals surface area contributed by atoms with Crippen LogP contribution in [0.3, 0.4) is 0 Å². The first-order chi connectivity index (χ1) is 7.63. The van der Waals surface area contributed by atoms with E-state index in [9.17, 15) is 4.79 Å². The number of nitrogens with one attached hydrogen (secondary N) is 1. The van der Waals surface area contributed by atoms with Gasteiger partial charge in [0.25, 0.3) is 0 Å². The SMILES string of the molecule is Cc1ccc(CC(=O)NCC2(CN)CC2)o1. The predicted molar refractivity (Wildman–Crippen MR) is 60.9 cm³/mol. The van der Waals surface area contributed by atoms with Crippen molar-refractivity contribution in [3.63, 3.8) is 0 Å². The van der Waals surface area contributed by atoms with Crippen molar-refractivity contribution < 1.29 is 9.21 Å². The molecule has 2 rings (SSSR count). The van der Waals surface area contributed by atoms with Gasteiger partial charge in [-0.25, -0.2) is 0 Å². The van der Waals surface area contributed by atoms with E-state index in [1.165, 1.54) is 0 Å². The topological polar surface area (TPSA) is 68.3 Å². The molecule has 1 heterocycles. The number of furan rings is 1. The molecule has 88 valence electrons. The van der Waals surface area contributed by atoms with Crippen LogP contribution in [0.2, 0.25) is 0 Å². The van der Waals surface area contributed by atoms with Crippen molar-refractivity contribution in [2.75, 3.05) is 13.1 Å². The Bertz CT molecular complexity index is 380. The summed E-state index contributed by atoms with van der Waals surface area (Å²) in [7, 11) is 0. The lowest BCUT2D eigenvalue weighted by Crippen LogP contribution is -2.34. The van der Waals surface area contributed by atoms with Gasteiger partial charge in [-0.1, -0.05) is 0 Å². The normalized spacial score (nSPS) is 17.1. The van der Waals surface area contributed by atoms with E-state index in [1.807, 2.05) is 19.1 Å². The van der Waals surface area contributed by atoms with Gasteiger partial charge in [-0.2, -0.15) is 0 Å². The standard InChI is InChI=1S/C12H18N2O2/c1-9-2-3-10(16-9)6-11(15)14-8-12(7-13)4-5-12/h2-3H,4-8,13H2,1H3,(H,14,15). The van der Waals surface area contributed by atoms with Gasteiger partial charge in [0, 0.05) is 6.54 Å². The molecular formula is C12H18N2O2. The lowest BCUT2D eigenvalue weighted by molar-refractivity contribution is -0.120. The van der Waals surface area contributed by atoms with Gasteiger partial charge >= 0.3 is 0 Å². The molecule has 0 aliphatic heterocycles. The summed E-state index contributed by atoms with van der Waals surface area (Å²) in [5, 5.41) is 2.92. The van der Waals surface area contributed by atoms with Gasteiger partial charge < -0.3 is 15.5 Å². The highest BCUT2D eigenvalue weighted by Gasteiger charge is 2.41. The number of hydrogen-bond acceptors (Lipinski definition) is 3. The number of carbonyl (C=O) groups is 1. The van der Waals surface area contributed by atoms with Gasteiger partial charge in [0.2, 0.25) is 5.91 Å². The van der Waals surface area contributed by atoms with E-state index in [-0.39, 0.29) is 11.3 Å². The van der Waals surface area contributed by atoms with E-state index < -0.39 is 0 Å². The third kappa shape index (κ3) is 2.64. The summed E-state index contributed by atoms with van der Waals surface area (Å²) in [5.41, 5.74) is 5.83. The summed E-state index contributed by atoms with van der Waals surface area (Å²) in [6.07, 6.45) is 2.57. The van der Waals surface area contributed by atoms with Crippen LogP contribution in [0.15, 0.2) is 16.5 Å². The van der Waals surface area contributed by atoms with Crippen molar-refractivity contribution in [2.24, 2.45) is 11.1 Å². The van der Waals surface area contributed by atoms with Gasteiger partial charge in [-0.3, -0.25) is 4.79 Å². The number of hydrogen-bond donors (Lipinski definition) is 2. The molecule has 0 bridgehead atoms. The molecule has 1 saturated carbocycles. The molecule has 0 saturated heterocycles. The number of nitrogens with two attached hydrogens (primary N) is 1. The Morgan fingerprint density at radius 2 is 2.31 bits per heavy atom. The van der Waals surface area contributed by atoms with Crippen molar-refractivity contribution >= 4 is 5.91 Å². The van der Waals surface area contributed by atoms with E-state index >= 15 is 0 Å². The molecule has 1 aromatic rings. The van der Waals surface area contributed by atoms with Crippen LogP contribution < -0.4 is 11.1 Å². The molecule has 1 aliphatic carbocycles. The van der Waals surface area contributed by atoms with E-state index in [0.717, 1.165) is 18.6 Å². The van der Waals surface area contributed by atoms with E-state index in [0.29, 0.717) is 25.3 Å². The Kier molecular flexibility index (Phi) is 3.01. The first-order valence-corrected chi connectivity index (χ1v) is 5.66. The van der Waals surface area contributed by atoms with Crippen molar-refractivity contribution in [1.82, 2.24) is 5.32 Å². The van der Waals surface area contributed by atoms with Crippen LogP contribution in [0.1, 0.15) is 24.4 Å². The second-order valence-electron chi connectivity index (χ2n) is 4.67. The number of rotatable bonds is 5. The summed E-state index contributed by atoms with van der Waals surface area (Å²) in [5.74, 6) is 1.56. The molecule has 16 heavy (non-hydrogen) atoms. The molecule has 0 aromatic carbocycles. The largest absolute Gasteiger partial charge is 0.466 e. The Balaban J connectivity index is 1.76. The molecule has 0 spiro atoms. The summed E-state index contributed by atoms with van der Waals surface area (Å²) in [6.45, 7) is 3.23. The first kappa shape index (κ1) is 11.2. The molecule has 0 radical (unpaired) electrons. The molecule has 0 atom stereocenters. The zero-order valence-corrected chi connectivity index (χ0v) is 9.58. The Hall–Kier alpha value is -1.29. The Morgan fingerprint density at radius 3 is 2.81 bits per heavy atom. The van der Waals surface area contributed by atoms with Gasteiger partial charge in [0.05, 0.1) is 6.42 Å². The summed E-state index contributed by atoms with van der Waals surface area (Å²) in [4.78, 5) is 11.6. The number of amides is 1. The average Bonchev–Trinajstić information content (AvgIpc) is 2.95. The van der Waals surface area contributed by atoms with Crippen molar-refractivity contribution in [2.45, 2.75) is 26.2 Å². The maximum Gasteiger partial charge on any atom is 0.227 e. The van der Waals surface area contributed by atoms with Crippen LogP contribution in [0.4, 0.5) is 0 Å². The van der Waals surface area contributed by atoms with Crippen LogP contribution >= 0.6 is 0 Å². The zero-order valence-electron chi connectivity index (χ0n) is 9.58. The quantitative estimate of drug-likeness (QED) is 0.780. The highest BCUT2D eigenvalue weighted by Crippen LogP contribution is 2.43. The Morgan fingerprint density at radius 1 is 1.56 bits per heavy atom. The fourth-order valence-electron chi connectivity index (χ4n) is 1.72. The second kappa shape index (κ2) is 4.29. The Labute approximate surface area is 95.2 Å². The van der Waals surface area contributed by atoms with Crippen LogP contribution in [-0.2, 0) is 11.2 Å². The highest BCUT2D eigenvalue weighted by atomic mass is 16.3. The van der Waals surface area contributed by atoms with Gasteiger partial charge in [0.1, 0.15) is 11.5 Å². The minimum absolute atomic E-state index is 0.00840.